The number of H-pyrrole nitrogens is 1. The van der Waals surface area contributed by atoms with Gasteiger partial charge >= 0.3 is 5.97 Å². The summed E-state index contributed by atoms with van der Waals surface area (Å²) in [5.41, 5.74) is 0.577. The van der Waals surface area contributed by atoms with Crippen molar-refractivity contribution in [3.63, 3.8) is 0 Å². The first-order chi connectivity index (χ1) is 9.92. The van der Waals surface area contributed by atoms with E-state index in [2.05, 4.69) is 14.9 Å². The van der Waals surface area contributed by atoms with E-state index in [1.807, 2.05) is 13.8 Å². The third-order valence-corrected chi connectivity index (χ3v) is 2.94. The first kappa shape index (κ1) is 15.3. The summed E-state index contributed by atoms with van der Waals surface area (Å²) in [6.07, 6.45) is -0.106. The van der Waals surface area contributed by atoms with Gasteiger partial charge in [0.1, 0.15) is 17.3 Å². The number of methoxy groups -OCH3 is 1. The minimum Gasteiger partial charge on any atom is -0.489 e. The summed E-state index contributed by atoms with van der Waals surface area (Å²) >= 11 is 5.94. The molecule has 5 nitrogen and oxygen atoms in total. The molecule has 0 bridgehead atoms. The number of carbonyl (C=O) groups excluding carboxylic acids is 1. The van der Waals surface area contributed by atoms with Crippen LogP contribution in [0.15, 0.2) is 18.2 Å². The SMILES string of the molecule is COC(=O)c1cc(-c2cc(OC(C)C)c(Cl)cc2F)n[nH]1. The summed E-state index contributed by atoms with van der Waals surface area (Å²) in [5, 5.41) is 6.57. The van der Waals surface area contributed by atoms with Crippen LogP contribution in [0, 0.1) is 5.82 Å². The van der Waals surface area contributed by atoms with E-state index >= 15 is 0 Å². The highest BCUT2D eigenvalue weighted by Gasteiger charge is 2.17. The highest BCUT2D eigenvalue weighted by Crippen LogP contribution is 2.33. The first-order valence-electron chi connectivity index (χ1n) is 6.22. The summed E-state index contributed by atoms with van der Waals surface area (Å²) in [4.78, 5) is 11.4. The lowest BCUT2D eigenvalue weighted by atomic mass is 10.1. The number of benzene rings is 1. The average Bonchev–Trinajstić information content (AvgIpc) is 2.90. The fourth-order valence-electron chi connectivity index (χ4n) is 1.74. The number of aromatic amines is 1. The maximum Gasteiger partial charge on any atom is 0.356 e. The largest absolute Gasteiger partial charge is 0.489 e. The van der Waals surface area contributed by atoms with Crippen molar-refractivity contribution >= 4 is 17.6 Å². The highest BCUT2D eigenvalue weighted by atomic mass is 35.5. The van der Waals surface area contributed by atoms with Crippen LogP contribution in [0.5, 0.6) is 5.75 Å². The van der Waals surface area contributed by atoms with Crippen molar-refractivity contribution in [1.29, 1.82) is 0 Å². The molecular weight excluding hydrogens is 299 g/mol. The van der Waals surface area contributed by atoms with Gasteiger partial charge in [0.2, 0.25) is 0 Å². The molecule has 1 heterocycles. The summed E-state index contributed by atoms with van der Waals surface area (Å²) in [5.74, 6) is -0.786. The van der Waals surface area contributed by atoms with Crippen LogP contribution in [0.2, 0.25) is 5.02 Å². The molecule has 0 atom stereocenters. The second-order valence-corrected chi connectivity index (χ2v) is 4.99. The monoisotopic (exact) mass is 312 g/mol. The maximum atomic E-state index is 14.0. The van der Waals surface area contributed by atoms with Gasteiger partial charge in [0.25, 0.3) is 0 Å². The number of ether oxygens (including phenoxy) is 2. The molecule has 7 heteroatoms. The lowest BCUT2D eigenvalue weighted by Crippen LogP contribution is -2.06. The van der Waals surface area contributed by atoms with Crippen molar-refractivity contribution in [1.82, 2.24) is 10.2 Å². The van der Waals surface area contributed by atoms with Crippen molar-refractivity contribution < 1.29 is 18.7 Å². The van der Waals surface area contributed by atoms with Crippen LogP contribution >= 0.6 is 11.6 Å². The fourth-order valence-corrected chi connectivity index (χ4v) is 1.94. The number of hydrogen-bond donors (Lipinski definition) is 1. The quantitative estimate of drug-likeness (QED) is 0.878. The molecule has 21 heavy (non-hydrogen) atoms. The smallest absolute Gasteiger partial charge is 0.356 e. The summed E-state index contributed by atoms with van der Waals surface area (Å²) in [6.45, 7) is 3.67. The number of esters is 1. The molecule has 1 N–H and O–H groups in total. The molecule has 2 rings (SSSR count). The summed E-state index contributed by atoms with van der Waals surface area (Å²) in [7, 11) is 1.25. The summed E-state index contributed by atoms with van der Waals surface area (Å²) in [6, 6.07) is 4.01. The lowest BCUT2D eigenvalue weighted by molar-refractivity contribution is 0.0594. The minimum absolute atomic E-state index is 0.106. The second-order valence-electron chi connectivity index (χ2n) is 4.59. The normalized spacial score (nSPS) is 10.8. The molecule has 0 saturated carbocycles. The highest BCUT2D eigenvalue weighted by molar-refractivity contribution is 6.32. The van der Waals surface area contributed by atoms with Crippen LogP contribution in [0.1, 0.15) is 24.3 Å². The number of nitrogens with zero attached hydrogens (tertiary/aromatic N) is 1. The Morgan fingerprint density at radius 2 is 2.10 bits per heavy atom. The standard InChI is InChI=1S/C14H14ClFN2O3/c1-7(2)21-13-4-8(10(16)5-9(13)15)11-6-12(18-17-11)14(19)20-3/h4-7H,1-3H3,(H,17,18). The summed E-state index contributed by atoms with van der Waals surface area (Å²) < 4.78 is 24.1. The van der Waals surface area contributed by atoms with Crippen LogP contribution in [0.4, 0.5) is 4.39 Å². The van der Waals surface area contributed by atoms with Crippen molar-refractivity contribution in [3.05, 3.63) is 34.7 Å². The predicted molar refractivity (Wildman–Crippen MR) is 76.1 cm³/mol. The van der Waals surface area contributed by atoms with Gasteiger partial charge in [0.15, 0.2) is 0 Å². The van der Waals surface area contributed by atoms with Gasteiger partial charge in [-0.2, -0.15) is 5.10 Å². The number of rotatable bonds is 4. The van der Waals surface area contributed by atoms with E-state index < -0.39 is 11.8 Å². The van der Waals surface area contributed by atoms with Crippen molar-refractivity contribution in [2.24, 2.45) is 0 Å². The Bertz CT molecular complexity index is 670. The van der Waals surface area contributed by atoms with E-state index in [1.54, 1.807) is 0 Å². The fraction of sp³-hybridized carbons (Fsp3) is 0.286. The predicted octanol–water partition coefficient (Wildman–Crippen LogP) is 3.44. The Labute approximate surface area is 126 Å². The molecule has 0 amide bonds. The van der Waals surface area contributed by atoms with Crippen molar-refractivity contribution in [2.45, 2.75) is 20.0 Å². The zero-order chi connectivity index (χ0) is 15.6. The average molecular weight is 313 g/mol. The lowest BCUT2D eigenvalue weighted by Gasteiger charge is -2.12. The minimum atomic E-state index is -0.582. The van der Waals surface area contributed by atoms with E-state index in [0.717, 1.165) is 6.07 Å². The Morgan fingerprint density at radius 3 is 2.71 bits per heavy atom. The molecule has 0 aliphatic rings. The first-order valence-corrected chi connectivity index (χ1v) is 6.60. The van der Waals surface area contributed by atoms with Crippen LogP contribution in [-0.2, 0) is 4.74 Å². The number of nitrogens with one attached hydrogen (secondary N) is 1. The number of aromatic nitrogens is 2. The van der Waals surface area contributed by atoms with E-state index in [0.29, 0.717) is 5.75 Å². The van der Waals surface area contributed by atoms with E-state index in [1.165, 1.54) is 19.2 Å². The van der Waals surface area contributed by atoms with Gasteiger partial charge in [0.05, 0.1) is 23.9 Å². The van der Waals surface area contributed by atoms with Crippen LogP contribution in [0.25, 0.3) is 11.3 Å². The van der Waals surface area contributed by atoms with Gasteiger partial charge in [-0.25, -0.2) is 9.18 Å². The Kier molecular flexibility index (Phi) is 4.47. The van der Waals surface area contributed by atoms with Gasteiger partial charge in [0, 0.05) is 5.56 Å². The molecule has 1 aromatic heterocycles. The van der Waals surface area contributed by atoms with E-state index in [-0.39, 0.29) is 28.1 Å². The van der Waals surface area contributed by atoms with Crippen LogP contribution < -0.4 is 4.74 Å². The van der Waals surface area contributed by atoms with Crippen LogP contribution in [-0.4, -0.2) is 29.4 Å². The number of carbonyl (C=O) groups is 1. The van der Waals surface area contributed by atoms with Gasteiger partial charge < -0.3 is 9.47 Å². The zero-order valence-electron chi connectivity index (χ0n) is 11.7. The second kappa shape index (κ2) is 6.13. The maximum absolute atomic E-state index is 14.0. The molecule has 0 saturated heterocycles. The Balaban J connectivity index is 2.43. The van der Waals surface area contributed by atoms with Gasteiger partial charge in [-0.15, -0.1) is 0 Å². The third kappa shape index (κ3) is 3.33. The van der Waals surface area contributed by atoms with Crippen molar-refractivity contribution in [3.8, 4) is 17.0 Å². The number of halogens is 2. The number of hydrogen-bond acceptors (Lipinski definition) is 4. The van der Waals surface area contributed by atoms with Crippen molar-refractivity contribution in [2.75, 3.05) is 7.11 Å². The Hall–Kier alpha value is -2.08. The molecule has 0 radical (unpaired) electrons. The van der Waals surface area contributed by atoms with Crippen LogP contribution in [0.3, 0.4) is 0 Å². The molecule has 0 spiro atoms. The van der Waals surface area contributed by atoms with E-state index in [9.17, 15) is 9.18 Å². The third-order valence-electron chi connectivity index (χ3n) is 2.64. The topological polar surface area (TPSA) is 64.2 Å². The van der Waals surface area contributed by atoms with Gasteiger partial charge in [-0.3, -0.25) is 5.10 Å². The van der Waals surface area contributed by atoms with Gasteiger partial charge in [-0.1, -0.05) is 11.6 Å². The molecule has 0 aliphatic heterocycles. The molecule has 0 fully saturated rings. The molecular formula is C14H14ClFN2O3. The molecule has 112 valence electrons. The zero-order valence-corrected chi connectivity index (χ0v) is 12.5. The van der Waals surface area contributed by atoms with Gasteiger partial charge in [-0.05, 0) is 32.0 Å². The molecule has 0 aliphatic carbocycles. The van der Waals surface area contributed by atoms with E-state index in [4.69, 9.17) is 16.3 Å². The molecule has 2 aromatic rings. The molecule has 0 unspecified atom stereocenters. The Morgan fingerprint density at radius 1 is 1.38 bits per heavy atom. The molecule has 1 aromatic carbocycles.